The number of rotatable bonds is 10. The summed E-state index contributed by atoms with van der Waals surface area (Å²) in [5, 5.41) is 1.57. The normalized spacial score (nSPS) is 11.1. The quantitative estimate of drug-likeness (QED) is 0.256. The van der Waals surface area contributed by atoms with Gasteiger partial charge in [0.2, 0.25) is 0 Å². The molecule has 5 heteroatoms. The molecular weight excluding hydrogens is 423 g/mol. The molecule has 0 spiro atoms. The Balaban J connectivity index is 1.61. The van der Waals surface area contributed by atoms with Crippen LogP contribution in [-0.4, -0.2) is 11.9 Å². The number of ether oxygens (including phenoxy) is 1. The Labute approximate surface area is 172 Å². The number of benzene rings is 2. The van der Waals surface area contributed by atoms with E-state index in [0.717, 1.165) is 18.2 Å². The van der Waals surface area contributed by atoms with E-state index in [0.29, 0.717) is 34.6 Å². The monoisotopic (exact) mass is 446 g/mol. The van der Waals surface area contributed by atoms with Crippen LogP contribution in [-0.2, 0) is 0 Å². The second-order valence-corrected chi connectivity index (χ2v) is 7.59. The Morgan fingerprint density at radius 1 is 0.893 bits per heavy atom. The molecule has 0 N–H and O–H groups in total. The number of halogens is 2. The van der Waals surface area contributed by atoms with E-state index in [4.69, 9.17) is 9.15 Å². The van der Waals surface area contributed by atoms with E-state index < -0.39 is 0 Å². The van der Waals surface area contributed by atoms with Gasteiger partial charge in [-0.1, -0.05) is 41.6 Å². The van der Waals surface area contributed by atoms with Crippen LogP contribution in [0.1, 0.15) is 38.5 Å². The summed E-state index contributed by atoms with van der Waals surface area (Å²) in [6, 6.07) is 12.6. The van der Waals surface area contributed by atoms with Gasteiger partial charge in [-0.05, 0) is 55.3 Å². The fourth-order valence-electron chi connectivity index (χ4n) is 3.08. The lowest BCUT2D eigenvalue weighted by molar-refractivity contribution is 0.304. The van der Waals surface area contributed by atoms with Crippen molar-refractivity contribution in [1.82, 2.24) is 0 Å². The molecule has 2 aromatic carbocycles. The number of hydrogen-bond acceptors (Lipinski definition) is 3. The van der Waals surface area contributed by atoms with Crippen molar-refractivity contribution in [2.24, 2.45) is 0 Å². The summed E-state index contributed by atoms with van der Waals surface area (Å²) in [6.45, 7) is 0.642. The molecular formula is C23H24BrFO3. The van der Waals surface area contributed by atoms with E-state index in [2.05, 4.69) is 15.9 Å². The van der Waals surface area contributed by atoms with Gasteiger partial charge < -0.3 is 9.15 Å². The standard InChI is InChI=1S/C23H24BrFO3/c24-13-5-3-1-2-4-6-14-27-19-11-12-22-20(15-19)21(26)16-23(28-22)17-7-9-18(25)10-8-17/h7-12,15-16H,1-6,13-14H2. The zero-order valence-corrected chi connectivity index (χ0v) is 17.3. The van der Waals surface area contributed by atoms with Crippen molar-refractivity contribution >= 4 is 26.9 Å². The first-order chi connectivity index (χ1) is 13.7. The zero-order chi connectivity index (χ0) is 19.8. The third kappa shape index (κ3) is 5.68. The minimum absolute atomic E-state index is 0.141. The molecule has 0 radical (unpaired) electrons. The Morgan fingerprint density at radius 3 is 2.36 bits per heavy atom. The summed E-state index contributed by atoms with van der Waals surface area (Å²) >= 11 is 3.45. The van der Waals surface area contributed by atoms with Crippen LogP contribution in [0.5, 0.6) is 5.75 Å². The number of hydrogen-bond donors (Lipinski definition) is 0. The van der Waals surface area contributed by atoms with E-state index in [-0.39, 0.29) is 11.2 Å². The average Bonchev–Trinajstić information content (AvgIpc) is 2.71. The Kier molecular flexibility index (Phi) is 7.66. The fourth-order valence-corrected chi connectivity index (χ4v) is 3.47. The van der Waals surface area contributed by atoms with Gasteiger partial charge in [-0.15, -0.1) is 0 Å². The molecule has 0 saturated heterocycles. The van der Waals surface area contributed by atoms with E-state index in [1.54, 1.807) is 24.3 Å². The number of unbranched alkanes of at least 4 members (excludes halogenated alkanes) is 5. The largest absolute Gasteiger partial charge is 0.494 e. The molecule has 0 bridgehead atoms. The maximum absolute atomic E-state index is 13.1. The maximum Gasteiger partial charge on any atom is 0.193 e. The summed E-state index contributed by atoms with van der Waals surface area (Å²) in [7, 11) is 0. The first-order valence-corrected chi connectivity index (χ1v) is 10.8. The maximum atomic E-state index is 13.1. The van der Waals surface area contributed by atoms with Gasteiger partial charge in [0, 0.05) is 17.0 Å². The molecule has 1 aromatic heterocycles. The van der Waals surface area contributed by atoms with Crippen molar-refractivity contribution < 1.29 is 13.5 Å². The number of alkyl halides is 1. The van der Waals surface area contributed by atoms with Crippen LogP contribution >= 0.6 is 15.9 Å². The van der Waals surface area contributed by atoms with Gasteiger partial charge in [0.1, 0.15) is 22.9 Å². The van der Waals surface area contributed by atoms with Crippen molar-refractivity contribution in [3.05, 3.63) is 64.6 Å². The van der Waals surface area contributed by atoms with E-state index in [9.17, 15) is 9.18 Å². The number of fused-ring (bicyclic) bond motifs is 1. The molecule has 0 aliphatic carbocycles. The second kappa shape index (κ2) is 10.4. The minimum Gasteiger partial charge on any atom is -0.494 e. The third-order valence-electron chi connectivity index (χ3n) is 4.62. The summed E-state index contributed by atoms with van der Waals surface area (Å²) < 4.78 is 24.7. The molecule has 3 aromatic rings. The third-order valence-corrected chi connectivity index (χ3v) is 5.18. The van der Waals surface area contributed by atoms with Gasteiger partial charge in [0.05, 0.1) is 12.0 Å². The molecule has 0 unspecified atom stereocenters. The van der Waals surface area contributed by atoms with Crippen molar-refractivity contribution in [2.45, 2.75) is 38.5 Å². The van der Waals surface area contributed by atoms with Gasteiger partial charge in [-0.25, -0.2) is 4.39 Å². The fraction of sp³-hybridized carbons (Fsp3) is 0.348. The topological polar surface area (TPSA) is 39.4 Å². The zero-order valence-electron chi connectivity index (χ0n) is 15.8. The first kappa shape index (κ1) is 20.6. The van der Waals surface area contributed by atoms with Gasteiger partial charge in [0.25, 0.3) is 0 Å². The van der Waals surface area contributed by atoms with Crippen LogP contribution in [0.4, 0.5) is 4.39 Å². The van der Waals surface area contributed by atoms with Crippen LogP contribution in [0.15, 0.2) is 57.7 Å². The highest BCUT2D eigenvalue weighted by Crippen LogP contribution is 2.25. The van der Waals surface area contributed by atoms with Crippen LogP contribution in [0.2, 0.25) is 0 Å². The lowest BCUT2D eigenvalue weighted by Crippen LogP contribution is -2.02. The lowest BCUT2D eigenvalue weighted by atomic mass is 10.1. The van der Waals surface area contributed by atoms with Crippen LogP contribution in [0.25, 0.3) is 22.3 Å². The highest BCUT2D eigenvalue weighted by molar-refractivity contribution is 9.09. The van der Waals surface area contributed by atoms with Crippen molar-refractivity contribution in [3.63, 3.8) is 0 Å². The van der Waals surface area contributed by atoms with Crippen molar-refractivity contribution in [1.29, 1.82) is 0 Å². The Morgan fingerprint density at radius 2 is 1.61 bits per heavy atom. The summed E-state index contributed by atoms with van der Waals surface area (Å²) in [5.74, 6) is 0.771. The summed E-state index contributed by atoms with van der Waals surface area (Å²) in [6.07, 6.45) is 7.15. The first-order valence-electron chi connectivity index (χ1n) is 9.70. The molecule has 3 nitrogen and oxygen atoms in total. The molecule has 1 heterocycles. The van der Waals surface area contributed by atoms with E-state index >= 15 is 0 Å². The molecule has 0 atom stereocenters. The summed E-state index contributed by atoms with van der Waals surface area (Å²) in [5.41, 5.74) is 1.01. The molecule has 0 fully saturated rings. The highest BCUT2D eigenvalue weighted by Gasteiger charge is 2.08. The molecule has 0 aliphatic rings. The molecule has 0 saturated carbocycles. The second-order valence-electron chi connectivity index (χ2n) is 6.80. The minimum atomic E-state index is -0.326. The molecule has 148 valence electrons. The van der Waals surface area contributed by atoms with Crippen LogP contribution in [0, 0.1) is 5.82 Å². The highest BCUT2D eigenvalue weighted by atomic mass is 79.9. The predicted molar refractivity (Wildman–Crippen MR) is 115 cm³/mol. The van der Waals surface area contributed by atoms with E-state index in [1.165, 1.54) is 43.9 Å². The average molecular weight is 447 g/mol. The Hall–Kier alpha value is -2.14. The molecule has 0 aliphatic heterocycles. The lowest BCUT2D eigenvalue weighted by Gasteiger charge is -2.08. The SMILES string of the molecule is O=c1cc(-c2ccc(F)cc2)oc2ccc(OCCCCCCCCBr)cc12. The van der Waals surface area contributed by atoms with Gasteiger partial charge in [0.15, 0.2) is 5.43 Å². The van der Waals surface area contributed by atoms with Gasteiger partial charge >= 0.3 is 0 Å². The van der Waals surface area contributed by atoms with Crippen LogP contribution < -0.4 is 10.2 Å². The van der Waals surface area contributed by atoms with Crippen molar-refractivity contribution in [3.8, 4) is 17.1 Å². The Bertz CT molecular complexity index is 950. The smallest absolute Gasteiger partial charge is 0.193 e. The summed E-state index contributed by atoms with van der Waals surface area (Å²) in [4.78, 5) is 12.5. The van der Waals surface area contributed by atoms with Gasteiger partial charge in [-0.3, -0.25) is 4.79 Å². The van der Waals surface area contributed by atoms with Crippen LogP contribution in [0.3, 0.4) is 0 Å². The van der Waals surface area contributed by atoms with E-state index in [1.807, 2.05) is 6.07 Å². The molecule has 0 amide bonds. The van der Waals surface area contributed by atoms with Gasteiger partial charge in [-0.2, -0.15) is 0 Å². The predicted octanol–water partition coefficient (Wildman–Crippen LogP) is 6.71. The molecule has 28 heavy (non-hydrogen) atoms. The molecule has 3 rings (SSSR count). The van der Waals surface area contributed by atoms with Crippen molar-refractivity contribution in [2.75, 3.05) is 11.9 Å².